The number of aliphatic carboxylic acids is 1. The number of benzene rings is 1. The summed E-state index contributed by atoms with van der Waals surface area (Å²) in [5.74, 6) is -0.324. The number of hydrogen-bond acceptors (Lipinski definition) is 4. The Kier molecular flexibility index (Phi) is 3.04. The Hall–Kier alpha value is -1.59. The average molecular weight is 237 g/mol. The Bertz CT molecular complexity index is 428. The van der Waals surface area contributed by atoms with Gasteiger partial charge in [0.15, 0.2) is 0 Å². The Morgan fingerprint density at radius 2 is 2.18 bits per heavy atom. The molecule has 17 heavy (non-hydrogen) atoms. The molecule has 1 aromatic rings. The van der Waals surface area contributed by atoms with E-state index in [-0.39, 0.29) is 13.2 Å². The van der Waals surface area contributed by atoms with Gasteiger partial charge >= 0.3 is 5.97 Å². The smallest absolute Gasteiger partial charge is 0.316 e. The summed E-state index contributed by atoms with van der Waals surface area (Å²) in [6, 6.07) is 6.55. The molecule has 1 saturated heterocycles. The zero-order chi connectivity index (χ0) is 12.5. The van der Waals surface area contributed by atoms with Gasteiger partial charge in [-0.1, -0.05) is 18.2 Å². The molecule has 0 bridgehead atoms. The van der Waals surface area contributed by atoms with Crippen LogP contribution in [0.2, 0.25) is 0 Å². The van der Waals surface area contributed by atoms with Crippen molar-refractivity contribution in [2.75, 3.05) is 20.3 Å². The minimum absolute atomic E-state index is 0.140. The van der Waals surface area contributed by atoms with Crippen molar-refractivity contribution in [1.29, 1.82) is 0 Å². The molecule has 2 rings (SSSR count). The largest absolute Gasteiger partial charge is 0.496 e. The maximum atomic E-state index is 11.3. The van der Waals surface area contributed by atoms with E-state index < -0.39 is 17.4 Å². The Labute approximate surface area is 99.1 Å². The van der Waals surface area contributed by atoms with Gasteiger partial charge in [-0.05, 0) is 6.07 Å². The maximum absolute atomic E-state index is 11.3. The summed E-state index contributed by atoms with van der Waals surface area (Å²) in [7, 11) is 1.54. The van der Waals surface area contributed by atoms with E-state index >= 15 is 0 Å². The van der Waals surface area contributed by atoms with Crippen LogP contribution in [0.15, 0.2) is 24.3 Å². The standard InChI is InChI=1S/C12H15NO4/c1-16-9-5-3-2-4-8(9)10(13)12(11(14)15)6-17-7-12/h2-5,10H,6-7,13H2,1H3,(H,14,15). The predicted octanol–water partition coefficient (Wildman–Crippen LogP) is 0.796. The molecular formula is C12H15NO4. The molecule has 5 nitrogen and oxygen atoms in total. The number of ether oxygens (including phenoxy) is 2. The van der Waals surface area contributed by atoms with E-state index in [2.05, 4.69) is 0 Å². The number of carboxylic acids is 1. The van der Waals surface area contributed by atoms with Crippen LogP contribution in [0.3, 0.4) is 0 Å². The third kappa shape index (κ3) is 1.77. The third-order valence-electron chi connectivity index (χ3n) is 3.21. The van der Waals surface area contributed by atoms with Gasteiger partial charge in [0.05, 0.1) is 26.4 Å². The highest BCUT2D eigenvalue weighted by Gasteiger charge is 2.52. The first-order chi connectivity index (χ1) is 8.12. The normalized spacial score (nSPS) is 19.2. The van der Waals surface area contributed by atoms with Crippen molar-refractivity contribution in [3.63, 3.8) is 0 Å². The van der Waals surface area contributed by atoms with Crippen LogP contribution in [0.25, 0.3) is 0 Å². The van der Waals surface area contributed by atoms with Gasteiger partial charge in [-0.2, -0.15) is 0 Å². The second-order valence-electron chi connectivity index (χ2n) is 4.17. The molecule has 0 aliphatic carbocycles. The van der Waals surface area contributed by atoms with Crippen LogP contribution in [0.5, 0.6) is 5.75 Å². The molecule has 1 aromatic carbocycles. The second kappa shape index (κ2) is 4.35. The van der Waals surface area contributed by atoms with Crippen LogP contribution in [0.4, 0.5) is 0 Å². The maximum Gasteiger partial charge on any atom is 0.316 e. The fourth-order valence-electron chi connectivity index (χ4n) is 1.98. The number of nitrogens with two attached hydrogens (primary N) is 1. The summed E-state index contributed by atoms with van der Waals surface area (Å²) in [6.07, 6.45) is 0. The van der Waals surface area contributed by atoms with Gasteiger partial charge in [-0.25, -0.2) is 0 Å². The van der Waals surface area contributed by atoms with Gasteiger partial charge in [-0.3, -0.25) is 4.79 Å². The Morgan fingerprint density at radius 1 is 1.53 bits per heavy atom. The summed E-state index contributed by atoms with van der Waals surface area (Å²) < 4.78 is 10.2. The molecule has 1 fully saturated rings. The fourth-order valence-corrected chi connectivity index (χ4v) is 1.98. The average Bonchev–Trinajstić information content (AvgIpc) is 2.26. The van der Waals surface area contributed by atoms with Crippen molar-refractivity contribution in [2.24, 2.45) is 11.1 Å². The number of hydrogen-bond donors (Lipinski definition) is 2. The van der Waals surface area contributed by atoms with Crippen molar-refractivity contribution >= 4 is 5.97 Å². The summed E-state index contributed by atoms with van der Waals surface area (Å²) in [4.78, 5) is 11.3. The predicted molar refractivity (Wildman–Crippen MR) is 60.8 cm³/mol. The monoisotopic (exact) mass is 237 g/mol. The molecular weight excluding hydrogens is 222 g/mol. The molecule has 1 heterocycles. The fraction of sp³-hybridized carbons (Fsp3) is 0.417. The van der Waals surface area contributed by atoms with Gasteiger partial charge < -0.3 is 20.3 Å². The molecule has 1 aliphatic heterocycles. The molecule has 0 amide bonds. The lowest BCUT2D eigenvalue weighted by molar-refractivity contribution is -0.184. The van der Waals surface area contributed by atoms with E-state index in [1.54, 1.807) is 12.1 Å². The highest BCUT2D eigenvalue weighted by Crippen LogP contribution is 2.41. The van der Waals surface area contributed by atoms with Gasteiger partial charge in [-0.15, -0.1) is 0 Å². The van der Waals surface area contributed by atoms with Crippen LogP contribution in [0.1, 0.15) is 11.6 Å². The van der Waals surface area contributed by atoms with Crippen molar-refractivity contribution in [2.45, 2.75) is 6.04 Å². The first-order valence-corrected chi connectivity index (χ1v) is 5.31. The number of methoxy groups -OCH3 is 1. The first-order valence-electron chi connectivity index (χ1n) is 5.31. The molecule has 0 radical (unpaired) electrons. The number of rotatable bonds is 4. The quantitative estimate of drug-likeness (QED) is 0.809. The lowest BCUT2D eigenvalue weighted by Gasteiger charge is -2.42. The van der Waals surface area contributed by atoms with Crippen LogP contribution in [0, 0.1) is 5.41 Å². The van der Waals surface area contributed by atoms with Crippen molar-refractivity contribution < 1.29 is 19.4 Å². The van der Waals surface area contributed by atoms with Crippen molar-refractivity contribution in [3.05, 3.63) is 29.8 Å². The van der Waals surface area contributed by atoms with E-state index in [1.807, 2.05) is 12.1 Å². The van der Waals surface area contributed by atoms with E-state index in [0.717, 1.165) is 0 Å². The van der Waals surface area contributed by atoms with Crippen molar-refractivity contribution in [1.82, 2.24) is 0 Å². The molecule has 0 saturated carbocycles. The highest BCUT2D eigenvalue weighted by atomic mass is 16.5. The zero-order valence-corrected chi connectivity index (χ0v) is 9.55. The minimum Gasteiger partial charge on any atom is -0.496 e. The molecule has 1 atom stereocenters. The molecule has 92 valence electrons. The lowest BCUT2D eigenvalue weighted by Crippen LogP contribution is -2.55. The zero-order valence-electron chi connectivity index (χ0n) is 9.55. The van der Waals surface area contributed by atoms with Crippen LogP contribution in [-0.4, -0.2) is 31.4 Å². The second-order valence-corrected chi connectivity index (χ2v) is 4.17. The molecule has 3 N–H and O–H groups in total. The summed E-state index contributed by atoms with van der Waals surface area (Å²) in [5.41, 5.74) is 5.73. The number of carbonyl (C=O) groups is 1. The van der Waals surface area contributed by atoms with Crippen molar-refractivity contribution in [3.8, 4) is 5.75 Å². The van der Waals surface area contributed by atoms with Gasteiger partial charge in [0.2, 0.25) is 0 Å². The Balaban J connectivity index is 2.36. The number of para-hydroxylation sites is 1. The molecule has 5 heteroatoms. The highest BCUT2D eigenvalue weighted by molar-refractivity contribution is 5.77. The Morgan fingerprint density at radius 3 is 2.65 bits per heavy atom. The third-order valence-corrected chi connectivity index (χ3v) is 3.21. The van der Waals surface area contributed by atoms with Gasteiger partial charge in [0.25, 0.3) is 0 Å². The van der Waals surface area contributed by atoms with E-state index in [4.69, 9.17) is 15.2 Å². The molecule has 1 aliphatic rings. The van der Waals surface area contributed by atoms with Crippen LogP contribution >= 0.6 is 0 Å². The molecule has 0 spiro atoms. The first kappa shape index (κ1) is 11.9. The van der Waals surface area contributed by atoms with Gasteiger partial charge in [0, 0.05) is 5.56 Å². The summed E-state index contributed by atoms with van der Waals surface area (Å²) in [6.45, 7) is 0.281. The molecule has 0 aromatic heterocycles. The SMILES string of the molecule is COc1ccccc1C(N)C1(C(=O)O)COC1. The van der Waals surface area contributed by atoms with E-state index in [1.165, 1.54) is 7.11 Å². The molecule has 1 unspecified atom stereocenters. The lowest BCUT2D eigenvalue weighted by atomic mass is 9.75. The topological polar surface area (TPSA) is 81.8 Å². The van der Waals surface area contributed by atoms with Crippen LogP contribution in [-0.2, 0) is 9.53 Å². The number of carboxylic acid groups (broad SMARTS) is 1. The van der Waals surface area contributed by atoms with E-state index in [0.29, 0.717) is 11.3 Å². The summed E-state index contributed by atoms with van der Waals surface area (Å²) >= 11 is 0. The summed E-state index contributed by atoms with van der Waals surface area (Å²) in [5, 5.41) is 9.28. The van der Waals surface area contributed by atoms with E-state index in [9.17, 15) is 9.90 Å². The minimum atomic E-state index is -1.03. The van der Waals surface area contributed by atoms with Gasteiger partial charge in [0.1, 0.15) is 11.2 Å². The van der Waals surface area contributed by atoms with Crippen LogP contribution < -0.4 is 10.5 Å².